The number of ether oxygens (including phenoxy) is 1. The number of halogens is 4. The van der Waals surface area contributed by atoms with E-state index in [4.69, 9.17) is 10.00 Å². The maximum atomic E-state index is 14.3. The second-order valence-electron chi connectivity index (χ2n) is 6.74. The van der Waals surface area contributed by atoms with Gasteiger partial charge in [0, 0.05) is 44.6 Å². The largest absolute Gasteiger partial charge is 0.457 e. The number of benzene rings is 2. The molecule has 0 aromatic heterocycles. The Labute approximate surface area is 170 Å². The summed E-state index contributed by atoms with van der Waals surface area (Å²) in [5.74, 6) is -4.59. The van der Waals surface area contributed by atoms with Gasteiger partial charge in [0.25, 0.3) is 5.92 Å². The lowest BCUT2D eigenvalue weighted by Crippen LogP contribution is -2.23. The van der Waals surface area contributed by atoms with Crippen LogP contribution in [0.15, 0.2) is 35.2 Å². The molecule has 30 heavy (non-hydrogen) atoms. The van der Waals surface area contributed by atoms with Crippen molar-refractivity contribution in [1.29, 1.82) is 5.26 Å². The number of rotatable bonds is 6. The molecule has 0 spiro atoms. The Morgan fingerprint density at radius 2 is 2.13 bits per heavy atom. The number of nitrogens with one attached hydrogen (secondary N) is 1. The molecule has 5 nitrogen and oxygen atoms in total. The highest BCUT2D eigenvalue weighted by Crippen LogP contribution is 2.49. The van der Waals surface area contributed by atoms with Crippen LogP contribution in [0.3, 0.4) is 0 Å². The molecule has 0 bridgehead atoms. The summed E-state index contributed by atoms with van der Waals surface area (Å²) in [6, 6.07) is 5.98. The molecule has 1 aliphatic carbocycles. The first-order chi connectivity index (χ1) is 14.1. The Bertz CT molecular complexity index is 1140. The van der Waals surface area contributed by atoms with Gasteiger partial charge in [-0.15, -0.1) is 0 Å². The molecular weight excluding hydrogens is 424 g/mol. The van der Waals surface area contributed by atoms with Crippen molar-refractivity contribution in [2.24, 2.45) is 0 Å². The van der Waals surface area contributed by atoms with Crippen LogP contribution in [0.2, 0.25) is 0 Å². The molecule has 2 aromatic rings. The normalized spacial score (nSPS) is 18.9. The predicted octanol–water partition coefficient (Wildman–Crippen LogP) is 3.31. The number of aliphatic hydroxyl groups excluding tert-OH is 1. The molecule has 2 N–H and O–H groups in total. The Kier molecular flexibility index (Phi) is 6.08. The van der Waals surface area contributed by atoms with E-state index in [1.165, 1.54) is 12.1 Å². The van der Waals surface area contributed by atoms with Crippen molar-refractivity contribution >= 4 is 14.9 Å². The second kappa shape index (κ2) is 8.26. The van der Waals surface area contributed by atoms with Crippen LogP contribution in [0, 0.1) is 17.1 Å². The summed E-state index contributed by atoms with van der Waals surface area (Å²) in [6.07, 6.45) is -3.23. The number of aliphatic hydroxyl groups is 1. The Hall–Kier alpha value is -2.61. The van der Waals surface area contributed by atoms with E-state index in [2.05, 4.69) is 5.32 Å². The summed E-state index contributed by atoms with van der Waals surface area (Å²) >= 11 is 0. The number of nitriles is 1. The van der Waals surface area contributed by atoms with E-state index in [0.29, 0.717) is 0 Å². The highest BCUT2D eigenvalue weighted by atomic mass is 32.2. The lowest BCUT2D eigenvalue weighted by atomic mass is 10.1. The molecule has 2 atom stereocenters. The molecular formula is C20H18F4N2O3S. The smallest absolute Gasteiger partial charge is 0.281 e. The van der Waals surface area contributed by atoms with E-state index in [-0.39, 0.29) is 39.6 Å². The van der Waals surface area contributed by atoms with Crippen LogP contribution in [0.5, 0.6) is 11.5 Å². The fourth-order valence-electron chi connectivity index (χ4n) is 3.27. The average molecular weight is 442 g/mol. The predicted molar refractivity (Wildman–Crippen MR) is 104 cm³/mol. The maximum absolute atomic E-state index is 14.3. The molecule has 160 valence electrons. The van der Waals surface area contributed by atoms with E-state index < -0.39 is 39.8 Å². The molecule has 0 radical (unpaired) electrons. The van der Waals surface area contributed by atoms with Crippen LogP contribution in [0.1, 0.15) is 22.8 Å². The van der Waals surface area contributed by atoms with Gasteiger partial charge < -0.3 is 15.2 Å². The van der Waals surface area contributed by atoms with Gasteiger partial charge in [-0.2, -0.15) is 5.26 Å². The summed E-state index contributed by atoms with van der Waals surface area (Å²) in [7, 11) is -1.94. The van der Waals surface area contributed by atoms with Crippen molar-refractivity contribution in [1.82, 2.24) is 5.32 Å². The van der Waals surface area contributed by atoms with Crippen LogP contribution in [0.4, 0.5) is 17.6 Å². The molecule has 10 heteroatoms. The van der Waals surface area contributed by atoms with Gasteiger partial charge in [0.1, 0.15) is 23.4 Å². The van der Waals surface area contributed by atoms with Crippen molar-refractivity contribution in [3.63, 3.8) is 0 Å². The third-order valence-corrected chi connectivity index (χ3v) is 6.81. The molecule has 0 saturated carbocycles. The summed E-state index contributed by atoms with van der Waals surface area (Å²) in [5.41, 5.74) is -0.540. The lowest BCUT2D eigenvalue weighted by Gasteiger charge is -2.18. The van der Waals surface area contributed by atoms with Gasteiger partial charge in [0.15, 0.2) is 6.01 Å². The highest BCUT2D eigenvalue weighted by molar-refractivity contribution is 8.01. The summed E-state index contributed by atoms with van der Waals surface area (Å²) in [6.45, 7) is 0.0580. The first-order valence-corrected chi connectivity index (χ1v) is 10.6. The maximum Gasteiger partial charge on any atom is 0.281 e. The fraction of sp³-hybridized carbons (Fsp3) is 0.300. The minimum Gasteiger partial charge on any atom is -0.457 e. The first-order valence-electron chi connectivity index (χ1n) is 8.81. The topological polar surface area (TPSA) is 82.3 Å². The minimum absolute atomic E-state index is 0.0363. The summed E-state index contributed by atoms with van der Waals surface area (Å²) < 4.78 is 74.7. The van der Waals surface area contributed by atoms with E-state index in [0.717, 1.165) is 23.6 Å². The molecule has 2 aromatic carbocycles. The number of alkyl halides is 3. The molecule has 2 unspecified atom stereocenters. The second-order valence-corrected chi connectivity index (χ2v) is 9.19. The summed E-state index contributed by atoms with van der Waals surface area (Å²) in [5, 5.41) is 23.0. The van der Waals surface area contributed by atoms with Crippen molar-refractivity contribution in [2.45, 2.75) is 23.3 Å². The summed E-state index contributed by atoms with van der Waals surface area (Å²) in [4.78, 5) is -0.232. The van der Waals surface area contributed by atoms with Crippen LogP contribution in [-0.2, 0) is 15.9 Å². The number of hydrogen-bond acceptors (Lipinski definition) is 5. The van der Waals surface area contributed by atoms with Crippen LogP contribution in [0.25, 0.3) is 0 Å². The zero-order valence-corrected chi connectivity index (χ0v) is 16.6. The number of hydrogen-bond donors (Lipinski definition) is 2. The van der Waals surface area contributed by atoms with Gasteiger partial charge in [-0.05, 0) is 36.7 Å². The van der Waals surface area contributed by atoms with Crippen LogP contribution in [-0.4, -0.2) is 40.2 Å². The molecule has 0 amide bonds. The van der Waals surface area contributed by atoms with Gasteiger partial charge >= 0.3 is 0 Å². The van der Waals surface area contributed by atoms with E-state index in [9.17, 15) is 26.9 Å². The van der Waals surface area contributed by atoms with Crippen molar-refractivity contribution in [3.05, 3.63) is 52.8 Å². The fourth-order valence-corrected chi connectivity index (χ4v) is 5.00. The lowest BCUT2D eigenvalue weighted by molar-refractivity contribution is -0.0976. The quantitative estimate of drug-likeness (QED) is 0.530. The van der Waals surface area contributed by atoms with Crippen LogP contribution >= 0.6 is 0 Å². The number of fused-ring (bicyclic) bond motifs is 1. The Morgan fingerprint density at radius 3 is 2.77 bits per heavy atom. The minimum atomic E-state index is -3.59. The zero-order chi connectivity index (χ0) is 22.1. The molecule has 0 fully saturated rings. The van der Waals surface area contributed by atoms with E-state index in [1.54, 1.807) is 13.1 Å². The molecule has 3 rings (SSSR count). The average Bonchev–Trinajstić information content (AvgIpc) is 2.95. The highest BCUT2D eigenvalue weighted by Gasteiger charge is 2.50. The van der Waals surface area contributed by atoms with Gasteiger partial charge in [-0.3, -0.25) is 4.21 Å². The zero-order valence-electron chi connectivity index (χ0n) is 15.8. The monoisotopic (exact) mass is 442 g/mol. The standard InChI is InChI=1S/C20H18F4N2O3S/c1-26-4-5-30(28,11-21)17-3-2-16(15-9-20(23,24)19(27)18(15)17)29-14-7-12(10-25)6-13(22)8-14/h2-3,5-8,19,26-27H,4,9,11H2,1H3. The molecule has 1 aliphatic rings. The van der Waals surface area contributed by atoms with E-state index in [1.807, 2.05) is 0 Å². The van der Waals surface area contributed by atoms with Gasteiger partial charge in [-0.25, -0.2) is 17.6 Å². The van der Waals surface area contributed by atoms with Gasteiger partial charge in [0.05, 0.1) is 11.6 Å². The van der Waals surface area contributed by atoms with Crippen LogP contribution < -0.4 is 10.1 Å². The Balaban J connectivity index is 2.17. The van der Waals surface area contributed by atoms with Gasteiger partial charge in [-0.1, -0.05) is 0 Å². The number of nitrogens with zero attached hydrogens (tertiary/aromatic N) is 1. The third kappa shape index (κ3) is 4.01. The Morgan fingerprint density at radius 1 is 1.40 bits per heavy atom. The van der Waals surface area contributed by atoms with E-state index >= 15 is 0 Å². The molecule has 0 heterocycles. The first kappa shape index (κ1) is 22.1. The van der Waals surface area contributed by atoms with Crippen molar-refractivity contribution < 1.29 is 31.6 Å². The van der Waals surface area contributed by atoms with Gasteiger partial charge in [0.2, 0.25) is 0 Å². The molecule has 0 saturated heterocycles. The molecule has 0 aliphatic heterocycles. The van der Waals surface area contributed by atoms with Crippen molar-refractivity contribution in [2.75, 3.05) is 19.6 Å². The SMILES string of the molecule is CNCC=S(=O)(CF)c1ccc(Oc2cc(F)cc(C#N)c2)c2c1C(O)C(F)(F)C2. The third-order valence-electron chi connectivity index (χ3n) is 4.68. The van der Waals surface area contributed by atoms with Crippen molar-refractivity contribution in [3.8, 4) is 17.6 Å².